The fraction of sp³-hybridized carbons (Fsp3) is 0.857. The number of urea groups is 1. The lowest BCUT2D eigenvalue weighted by atomic mass is 9.81. The summed E-state index contributed by atoms with van der Waals surface area (Å²) in [5, 5.41) is 11.9. The Kier molecular flexibility index (Phi) is 5.20. The molecule has 5 nitrogen and oxygen atoms in total. The lowest BCUT2D eigenvalue weighted by Crippen LogP contribution is -2.49. The molecule has 1 aliphatic rings. The molecule has 5 heteroatoms. The standard InChI is InChI=1S/C14H26N2O3/c1-10(2)14(3,4)9-15-13(19)16-7-5-6-11(8-16)12(17)18/h10-11H,5-9H2,1-4H3,(H,15,19)(H,17,18)/t11-/m1/s1. The number of nitrogens with zero attached hydrogens (tertiary/aromatic N) is 1. The summed E-state index contributed by atoms with van der Waals surface area (Å²) >= 11 is 0. The summed E-state index contributed by atoms with van der Waals surface area (Å²) in [6.45, 7) is 10.1. The molecule has 0 spiro atoms. The van der Waals surface area contributed by atoms with Gasteiger partial charge in [-0.1, -0.05) is 27.7 Å². The predicted molar refractivity (Wildman–Crippen MR) is 74.0 cm³/mol. The van der Waals surface area contributed by atoms with Crippen LogP contribution in [0.4, 0.5) is 4.79 Å². The van der Waals surface area contributed by atoms with Gasteiger partial charge in [-0.3, -0.25) is 4.79 Å². The molecular weight excluding hydrogens is 244 g/mol. The minimum Gasteiger partial charge on any atom is -0.481 e. The van der Waals surface area contributed by atoms with Crippen molar-refractivity contribution in [2.45, 2.75) is 40.5 Å². The van der Waals surface area contributed by atoms with Crippen LogP contribution in [0.15, 0.2) is 0 Å². The first-order valence-electron chi connectivity index (χ1n) is 6.99. The van der Waals surface area contributed by atoms with E-state index in [1.807, 2.05) is 0 Å². The molecule has 110 valence electrons. The van der Waals surface area contributed by atoms with Crippen molar-refractivity contribution in [3.05, 3.63) is 0 Å². The van der Waals surface area contributed by atoms with Crippen LogP contribution in [0.3, 0.4) is 0 Å². The Morgan fingerprint density at radius 1 is 1.42 bits per heavy atom. The number of carbonyl (C=O) groups is 2. The third-order valence-electron chi connectivity index (χ3n) is 4.32. The molecule has 0 unspecified atom stereocenters. The van der Waals surface area contributed by atoms with Crippen molar-refractivity contribution in [1.29, 1.82) is 0 Å². The number of aliphatic carboxylic acids is 1. The molecule has 1 aliphatic heterocycles. The van der Waals surface area contributed by atoms with Crippen LogP contribution in [0.1, 0.15) is 40.5 Å². The Bertz CT molecular complexity index is 340. The van der Waals surface area contributed by atoms with E-state index in [9.17, 15) is 9.59 Å². The van der Waals surface area contributed by atoms with Crippen LogP contribution in [0.5, 0.6) is 0 Å². The van der Waals surface area contributed by atoms with Gasteiger partial charge in [-0.15, -0.1) is 0 Å². The highest BCUT2D eigenvalue weighted by molar-refractivity contribution is 5.76. The molecule has 0 aromatic heterocycles. The number of piperidine rings is 1. The first kappa shape index (κ1) is 15.8. The van der Waals surface area contributed by atoms with Crippen molar-refractivity contribution in [1.82, 2.24) is 10.2 Å². The van der Waals surface area contributed by atoms with E-state index in [0.717, 1.165) is 6.42 Å². The molecule has 2 N–H and O–H groups in total. The Balaban J connectivity index is 2.47. The molecule has 1 rings (SSSR count). The van der Waals surface area contributed by atoms with Gasteiger partial charge in [-0.2, -0.15) is 0 Å². The molecule has 1 atom stereocenters. The van der Waals surface area contributed by atoms with Crippen molar-refractivity contribution in [2.24, 2.45) is 17.3 Å². The van der Waals surface area contributed by atoms with Crippen LogP contribution in [0.2, 0.25) is 0 Å². The molecule has 0 bridgehead atoms. The van der Waals surface area contributed by atoms with Crippen LogP contribution < -0.4 is 5.32 Å². The predicted octanol–water partition coefficient (Wildman–Crippen LogP) is 2.17. The van der Waals surface area contributed by atoms with Crippen LogP contribution in [0, 0.1) is 17.3 Å². The molecule has 1 fully saturated rings. The number of likely N-dealkylation sites (tertiary alicyclic amines) is 1. The zero-order valence-corrected chi connectivity index (χ0v) is 12.4. The van der Waals surface area contributed by atoms with E-state index in [0.29, 0.717) is 32.0 Å². The molecule has 2 amide bonds. The molecule has 0 aromatic rings. The van der Waals surface area contributed by atoms with Crippen LogP contribution in [-0.2, 0) is 4.79 Å². The first-order chi connectivity index (χ1) is 8.74. The minimum absolute atomic E-state index is 0.0393. The van der Waals surface area contributed by atoms with Gasteiger partial charge in [0.25, 0.3) is 0 Å². The van der Waals surface area contributed by atoms with E-state index in [4.69, 9.17) is 5.11 Å². The fourth-order valence-electron chi connectivity index (χ4n) is 1.98. The zero-order chi connectivity index (χ0) is 14.6. The van der Waals surface area contributed by atoms with Gasteiger partial charge >= 0.3 is 12.0 Å². The fourth-order valence-corrected chi connectivity index (χ4v) is 1.98. The van der Waals surface area contributed by atoms with E-state index >= 15 is 0 Å². The second kappa shape index (κ2) is 6.26. The molecule has 19 heavy (non-hydrogen) atoms. The molecule has 0 saturated carbocycles. The first-order valence-corrected chi connectivity index (χ1v) is 6.99. The normalized spacial score (nSPS) is 20.5. The smallest absolute Gasteiger partial charge is 0.317 e. The second-order valence-electron chi connectivity index (χ2n) is 6.43. The Morgan fingerprint density at radius 3 is 2.58 bits per heavy atom. The Morgan fingerprint density at radius 2 is 2.05 bits per heavy atom. The van der Waals surface area contributed by atoms with Crippen molar-refractivity contribution in [3.63, 3.8) is 0 Å². The van der Waals surface area contributed by atoms with Crippen molar-refractivity contribution < 1.29 is 14.7 Å². The number of hydrogen-bond donors (Lipinski definition) is 2. The maximum atomic E-state index is 12.1. The minimum atomic E-state index is -0.806. The zero-order valence-electron chi connectivity index (χ0n) is 12.4. The number of carboxylic acids is 1. The van der Waals surface area contributed by atoms with Gasteiger partial charge in [0.15, 0.2) is 0 Å². The van der Waals surface area contributed by atoms with Gasteiger partial charge in [0.05, 0.1) is 5.92 Å². The molecule has 0 aliphatic carbocycles. The number of carboxylic acid groups (broad SMARTS) is 1. The summed E-state index contributed by atoms with van der Waals surface area (Å²) in [6.07, 6.45) is 1.43. The summed E-state index contributed by atoms with van der Waals surface area (Å²) in [6, 6.07) is -0.139. The maximum Gasteiger partial charge on any atom is 0.317 e. The van der Waals surface area contributed by atoms with Crippen molar-refractivity contribution in [3.8, 4) is 0 Å². The van der Waals surface area contributed by atoms with Gasteiger partial charge in [-0.05, 0) is 24.2 Å². The van der Waals surface area contributed by atoms with Gasteiger partial charge in [0.1, 0.15) is 0 Å². The second-order valence-corrected chi connectivity index (χ2v) is 6.43. The average molecular weight is 270 g/mol. The van der Waals surface area contributed by atoms with E-state index in [2.05, 4.69) is 33.0 Å². The number of nitrogens with one attached hydrogen (secondary N) is 1. The molecule has 1 heterocycles. The monoisotopic (exact) mass is 270 g/mol. The molecule has 0 aromatic carbocycles. The van der Waals surface area contributed by atoms with Gasteiger partial charge in [0, 0.05) is 19.6 Å². The lowest BCUT2D eigenvalue weighted by molar-refractivity contribution is -0.143. The SMILES string of the molecule is CC(C)C(C)(C)CNC(=O)N1CCC[C@@H](C(=O)O)C1. The van der Waals surface area contributed by atoms with Gasteiger partial charge in [-0.25, -0.2) is 4.79 Å². The molecular formula is C14H26N2O3. The summed E-state index contributed by atoms with van der Waals surface area (Å²) in [4.78, 5) is 24.7. The number of amides is 2. The van der Waals surface area contributed by atoms with Crippen molar-refractivity contribution >= 4 is 12.0 Å². The topological polar surface area (TPSA) is 69.6 Å². The highest BCUT2D eigenvalue weighted by atomic mass is 16.4. The lowest BCUT2D eigenvalue weighted by Gasteiger charge is -2.34. The summed E-state index contributed by atoms with van der Waals surface area (Å²) in [5.41, 5.74) is 0.0393. The van der Waals surface area contributed by atoms with Crippen LogP contribution in [-0.4, -0.2) is 41.6 Å². The average Bonchev–Trinajstić information content (AvgIpc) is 2.36. The Labute approximate surface area is 115 Å². The van der Waals surface area contributed by atoms with Gasteiger partial charge in [0.2, 0.25) is 0 Å². The van der Waals surface area contributed by atoms with Gasteiger partial charge < -0.3 is 15.3 Å². The van der Waals surface area contributed by atoms with Crippen LogP contribution in [0.25, 0.3) is 0 Å². The number of carbonyl (C=O) groups excluding carboxylic acids is 1. The molecule has 1 saturated heterocycles. The quantitative estimate of drug-likeness (QED) is 0.822. The summed E-state index contributed by atoms with van der Waals surface area (Å²) in [5.74, 6) is -0.751. The van der Waals surface area contributed by atoms with E-state index < -0.39 is 11.9 Å². The van der Waals surface area contributed by atoms with E-state index in [-0.39, 0.29) is 11.4 Å². The molecule has 0 radical (unpaired) electrons. The third-order valence-corrected chi connectivity index (χ3v) is 4.32. The number of hydrogen-bond acceptors (Lipinski definition) is 2. The third kappa shape index (κ3) is 4.40. The highest BCUT2D eigenvalue weighted by Crippen LogP contribution is 2.25. The Hall–Kier alpha value is -1.26. The van der Waals surface area contributed by atoms with E-state index in [1.165, 1.54) is 0 Å². The van der Waals surface area contributed by atoms with E-state index in [1.54, 1.807) is 4.90 Å². The largest absolute Gasteiger partial charge is 0.481 e. The maximum absolute atomic E-state index is 12.1. The van der Waals surface area contributed by atoms with Crippen LogP contribution >= 0.6 is 0 Å². The highest BCUT2D eigenvalue weighted by Gasteiger charge is 2.29. The number of rotatable bonds is 4. The summed E-state index contributed by atoms with van der Waals surface area (Å²) < 4.78 is 0. The van der Waals surface area contributed by atoms with Crippen molar-refractivity contribution in [2.75, 3.05) is 19.6 Å². The summed E-state index contributed by atoms with van der Waals surface area (Å²) in [7, 11) is 0.